The second-order valence-corrected chi connectivity index (χ2v) is 8.22. The van der Waals surface area contributed by atoms with Crippen LogP contribution in [-0.4, -0.2) is 63.5 Å². The van der Waals surface area contributed by atoms with Gasteiger partial charge >= 0.3 is 0 Å². The van der Waals surface area contributed by atoms with Crippen LogP contribution < -0.4 is 0 Å². The SMILES string of the molecule is O=C(c1ccc(-c2ccc3ncccc3c2)cc1F)N1CCN(C(=O)C2(O)CC2)CC1. The van der Waals surface area contributed by atoms with E-state index in [0.29, 0.717) is 44.6 Å². The van der Waals surface area contributed by atoms with Gasteiger partial charge in [0.2, 0.25) is 0 Å². The minimum absolute atomic E-state index is 0.0202. The molecule has 1 aromatic heterocycles. The first-order chi connectivity index (χ1) is 14.9. The Morgan fingerprint density at radius 1 is 0.935 bits per heavy atom. The summed E-state index contributed by atoms with van der Waals surface area (Å²) in [5.41, 5.74) is 1.22. The molecule has 0 atom stereocenters. The van der Waals surface area contributed by atoms with E-state index in [2.05, 4.69) is 4.98 Å². The van der Waals surface area contributed by atoms with Gasteiger partial charge in [0.25, 0.3) is 11.8 Å². The van der Waals surface area contributed by atoms with Crippen LogP contribution in [-0.2, 0) is 4.79 Å². The highest BCUT2D eigenvalue weighted by Crippen LogP contribution is 2.37. The second-order valence-electron chi connectivity index (χ2n) is 8.22. The molecule has 2 heterocycles. The van der Waals surface area contributed by atoms with E-state index in [1.54, 1.807) is 22.1 Å². The van der Waals surface area contributed by atoms with Crippen LogP contribution in [0.25, 0.3) is 22.0 Å². The van der Waals surface area contributed by atoms with Crippen molar-refractivity contribution in [2.75, 3.05) is 26.2 Å². The molecule has 0 bridgehead atoms. The van der Waals surface area contributed by atoms with Crippen molar-refractivity contribution in [2.45, 2.75) is 18.4 Å². The van der Waals surface area contributed by atoms with E-state index >= 15 is 0 Å². The van der Waals surface area contributed by atoms with Gasteiger partial charge < -0.3 is 14.9 Å². The van der Waals surface area contributed by atoms with Gasteiger partial charge in [0.05, 0.1) is 11.1 Å². The third kappa shape index (κ3) is 3.65. The predicted molar refractivity (Wildman–Crippen MR) is 114 cm³/mol. The number of rotatable bonds is 3. The molecule has 2 fully saturated rings. The first kappa shape index (κ1) is 19.6. The summed E-state index contributed by atoms with van der Waals surface area (Å²) in [7, 11) is 0. The average molecular weight is 419 g/mol. The first-order valence-corrected chi connectivity index (χ1v) is 10.4. The average Bonchev–Trinajstić information content (AvgIpc) is 3.56. The Labute approximate surface area is 178 Å². The number of carbonyl (C=O) groups excluding carboxylic acids is 2. The molecule has 2 aromatic carbocycles. The molecule has 2 aliphatic rings. The first-order valence-electron chi connectivity index (χ1n) is 10.4. The van der Waals surface area contributed by atoms with Gasteiger partial charge in [0.15, 0.2) is 0 Å². The zero-order valence-corrected chi connectivity index (χ0v) is 16.9. The Hall–Kier alpha value is -3.32. The Morgan fingerprint density at radius 2 is 1.61 bits per heavy atom. The lowest BCUT2D eigenvalue weighted by Gasteiger charge is -2.35. The van der Waals surface area contributed by atoms with E-state index in [4.69, 9.17) is 0 Å². The molecule has 1 saturated heterocycles. The molecule has 5 rings (SSSR count). The maximum Gasteiger partial charge on any atom is 0.256 e. The fraction of sp³-hybridized carbons (Fsp3) is 0.292. The second kappa shape index (κ2) is 7.42. The highest BCUT2D eigenvalue weighted by Gasteiger charge is 2.50. The molecule has 0 unspecified atom stereocenters. The number of hydrogen-bond donors (Lipinski definition) is 1. The van der Waals surface area contributed by atoms with Crippen LogP contribution in [0.2, 0.25) is 0 Å². The third-order valence-corrected chi connectivity index (χ3v) is 6.11. The summed E-state index contributed by atoms with van der Waals surface area (Å²) in [4.78, 5) is 32.5. The number of nitrogens with zero attached hydrogens (tertiary/aromatic N) is 3. The van der Waals surface area contributed by atoms with Crippen LogP contribution in [0.1, 0.15) is 23.2 Å². The van der Waals surface area contributed by atoms with Crippen molar-refractivity contribution < 1.29 is 19.1 Å². The van der Waals surface area contributed by atoms with E-state index in [9.17, 15) is 19.1 Å². The van der Waals surface area contributed by atoms with Crippen LogP contribution in [0.4, 0.5) is 4.39 Å². The van der Waals surface area contributed by atoms with Gasteiger partial charge in [0, 0.05) is 37.8 Å². The summed E-state index contributed by atoms with van der Waals surface area (Å²) in [5.74, 6) is -1.22. The monoisotopic (exact) mass is 419 g/mol. The van der Waals surface area contributed by atoms with Crippen molar-refractivity contribution in [2.24, 2.45) is 0 Å². The fourth-order valence-electron chi connectivity index (χ4n) is 4.03. The molecule has 6 nitrogen and oxygen atoms in total. The molecule has 7 heteroatoms. The molecule has 158 valence electrons. The van der Waals surface area contributed by atoms with Gasteiger partial charge in [0.1, 0.15) is 11.4 Å². The number of carbonyl (C=O) groups is 2. The van der Waals surface area contributed by atoms with Crippen LogP contribution >= 0.6 is 0 Å². The molecule has 1 saturated carbocycles. The van der Waals surface area contributed by atoms with Crippen LogP contribution in [0.5, 0.6) is 0 Å². The summed E-state index contributed by atoms with van der Waals surface area (Å²) in [6.07, 6.45) is 2.72. The molecule has 31 heavy (non-hydrogen) atoms. The fourth-order valence-corrected chi connectivity index (χ4v) is 4.03. The highest BCUT2D eigenvalue weighted by atomic mass is 19.1. The van der Waals surface area contributed by atoms with Crippen molar-refractivity contribution in [1.82, 2.24) is 14.8 Å². The predicted octanol–water partition coefficient (Wildman–Crippen LogP) is 2.85. The van der Waals surface area contributed by atoms with Gasteiger partial charge in [-0.3, -0.25) is 14.6 Å². The van der Waals surface area contributed by atoms with Crippen molar-refractivity contribution >= 4 is 22.7 Å². The third-order valence-electron chi connectivity index (χ3n) is 6.11. The largest absolute Gasteiger partial charge is 0.380 e. The summed E-state index contributed by atoms with van der Waals surface area (Å²) in [6, 6.07) is 14.2. The number of halogens is 1. The maximum atomic E-state index is 14.9. The zero-order valence-electron chi connectivity index (χ0n) is 16.9. The molecule has 1 N–H and O–H groups in total. The van der Waals surface area contributed by atoms with Crippen molar-refractivity contribution in [3.8, 4) is 11.1 Å². The van der Waals surface area contributed by atoms with E-state index in [0.717, 1.165) is 16.5 Å². The van der Waals surface area contributed by atoms with Crippen molar-refractivity contribution in [1.29, 1.82) is 0 Å². The minimum atomic E-state index is -1.20. The molecular formula is C24H22FN3O3. The highest BCUT2D eigenvalue weighted by molar-refractivity contribution is 5.95. The van der Waals surface area contributed by atoms with Gasteiger partial charge in [-0.25, -0.2) is 4.39 Å². The molecule has 2 amide bonds. The topological polar surface area (TPSA) is 73.7 Å². The van der Waals surface area contributed by atoms with Crippen LogP contribution in [0.15, 0.2) is 54.7 Å². The quantitative estimate of drug-likeness (QED) is 0.709. The van der Waals surface area contributed by atoms with Crippen molar-refractivity contribution in [3.05, 3.63) is 66.1 Å². The maximum absolute atomic E-state index is 14.9. The van der Waals surface area contributed by atoms with E-state index in [-0.39, 0.29) is 17.4 Å². The summed E-state index contributed by atoms with van der Waals surface area (Å²) in [6.45, 7) is 1.33. The summed E-state index contributed by atoms with van der Waals surface area (Å²) >= 11 is 0. The number of benzene rings is 2. The number of pyridine rings is 1. The number of piperazine rings is 1. The Kier molecular flexibility index (Phi) is 4.70. The summed E-state index contributed by atoms with van der Waals surface area (Å²) in [5, 5.41) is 11.0. The normalized spacial score (nSPS) is 17.6. The molecule has 0 spiro atoms. The number of fused-ring (bicyclic) bond motifs is 1. The Morgan fingerprint density at radius 3 is 2.32 bits per heavy atom. The van der Waals surface area contributed by atoms with Crippen LogP contribution in [0.3, 0.4) is 0 Å². The number of hydrogen-bond acceptors (Lipinski definition) is 4. The lowest BCUT2D eigenvalue weighted by atomic mass is 10.0. The van der Waals surface area contributed by atoms with Gasteiger partial charge in [-0.15, -0.1) is 0 Å². The Bertz CT molecular complexity index is 1180. The molecule has 1 aliphatic carbocycles. The molecule has 1 aliphatic heterocycles. The number of aliphatic hydroxyl groups is 1. The van der Waals surface area contributed by atoms with E-state index in [1.165, 1.54) is 12.1 Å². The van der Waals surface area contributed by atoms with Crippen LogP contribution in [0, 0.1) is 5.82 Å². The van der Waals surface area contributed by atoms with E-state index < -0.39 is 11.4 Å². The number of aromatic nitrogens is 1. The molecular weight excluding hydrogens is 397 g/mol. The van der Waals surface area contributed by atoms with Gasteiger partial charge in [-0.1, -0.05) is 18.2 Å². The number of amides is 2. The molecule has 0 radical (unpaired) electrons. The van der Waals surface area contributed by atoms with Crippen molar-refractivity contribution in [3.63, 3.8) is 0 Å². The van der Waals surface area contributed by atoms with E-state index in [1.807, 2.05) is 30.3 Å². The zero-order chi connectivity index (χ0) is 21.6. The lowest BCUT2D eigenvalue weighted by Crippen LogP contribution is -2.53. The Balaban J connectivity index is 1.30. The minimum Gasteiger partial charge on any atom is -0.380 e. The lowest BCUT2D eigenvalue weighted by molar-refractivity contribution is -0.143. The van der Waals surface area contributed by atoms with Gasteiger partial charge in [-0.05, 0) is 54.3 Å². The standard InChI is InChI=1S/C24H22FN3O3/c25-20-15-17(16-4-6-21-18(14-16)2-1-9-26-21)3-5-19(20)22(29)27-10-12-28(13-11-27)23(30)24(31)7-8-24/h1-6,9,14-15,31H,7-8,10-13H2. The van der Waals surface area contributed by atoms with Gasteiger partial charge in [-0.2, -0.15) is 0 Å². The summed E-state index contributed by atoms with van der Waals surface area (Å²) < 4.78 is 14.9. The molecule has 3 aromatic rings. The smallest absolute Gasteiger partial charge is 0.256 e.